The van der Waals surface area contributed by atoms with Crippen LogP contribution in [0.4, 0.5) is 20.2 Å². The molecule has 0 saturated carbocycles. The molecule has 0 aliphatic carbocycles. The van der Waals surface area contributed by atoms with Crippen LogP contribution in [0.25, 0.3) is 0 Å². The smallest absolute Gasteiger partial charge is 0.264 e. The van der Waals surface area contributed by atoms with Gasteiger partial charge in [-0.05, 0) is 43.2 Å². The predicted molar refractivity (Wildman–Crippen MR) is 89.8 cm³/mol. The highest BCUT2D eigenvalue weighted by molar-refractivity contribution is 7.92. The first-order chi connectivity index (χ1) is 11.9. The minimum atomic E-state index is -4.22. The number of hydrogen-bond donors (Lipinski definition) is 1. The van der Waals surface area contributed by atoms with E-state index in [0.717, 1.165) is 25.0 Å². The molecule has 1 saturated heterocycles. The number of carbonyl (C=O) groups is 1. The number of nitrogens with one attached hydrogen (secondary N) is 1. The van der Waals surface area contributed by atoms with Crippen LogP contribution in [0.1, 0.15) is 19.3 Å². The third kappa shape index (κ3) is 3.79. The van der Waals surface area contributed by atoms with Gasteiger partial charge >= 0.3 is 0 Å². The van der Waals surface area contributed by atoms with E-state index in [2.05, 4.69) is 4.72 Å². The molecular weight excluding hydrogens is 350 g/mol. The summed E-state index contributed by atoms with van der Waals surface area (Å²) >= 11 is 0. The molecule has 0 aromatic heterocycles. The number of anilines is 2. The molecule has 0 radical (unpaired) electrons. The quantitative estimate of drug-likeness (QED) is 0.903. The van der Waals surface area contributed by atoms with Gasteiger partial charge in [0.05, 0.1) is 5.69 Å². The van der Waals surface area contributed by atoms with Gasteiger partial charge in [-0.25, -0.2) is 17.2 Å². The van der Waals surface area contributed by atoms with E-state index in [4.69, 9.17) is 0 Å². The molecule has 132 valence electrons. The van der Waals surface area contributed by atoms with Crippen molar-refractivity contribution in [2.24, 2.45) is 0 Å². The molecular formula is C17H16F2N2O3S. The summed E-state index contributed by atoms with van der Waals surface area (Å²) in [6, 6.07) is 8.58. The highest BCUT2D eigenvalue weighted by atomic mass is 32.2. The monoisotopic (exact) mass is 366 g/mol. The topological polar surface area (TPSA) is 66.5 Å². The summed E-state index contributed by atoms with van der Waals surface area (Å²) < 4.78 is 53.6. The van der Waals surface area contributed by atoms with Crippen molar-refractivity contribution in [3.05, 3.63) is 54.1 Å². The lowest BCUT2D eigenvalue weighted by atomic mass is 10.1. The second-order valence-corrected chi connectivity index (χ2v) is 7.38. The fourth-order valence-corrected chi connectivity index (χ4v) is 3.83. The Balaban J connectivity index is 1.87. The van der Waals surface area contributed by atoms with Crippen molar-refractivity contribution >= 4 is 27.3 Å². The molecule has 2 aromatic carbocycles. The second kappa shape index (κ2) is 6.79. The van der Waals surface area contributed by atoms with E-state index in [-0.39, 0.29) is 11.6 Å². The lowest BCUT2D eigenvalue weighted by molar-refractivity contribution is -0.119. The van der Waals surface area contributed by atoms with E-state index in [1.807, 2.05) is 0 Å². The minimum Gasteiger partial charge on any atom is -0.312 e. The summed E-state index contributed by atoms with van der Waals surface area (Å²) in [5.41, 5.74) is 0.768. The van der Waals surface area contributed by atoms with Crippen LogP contribution in [0.2, 0.25) is 0 Å². The Morgan fingerprint density at radius 2 is 1.84 bits per heavy atom. The first-order valence-corrected chi connectivity index (χ1v) is 9.23. The third-order valence-corrected chi connectivity index (χ3v) is 5.33. The average molecular weight is 366 g/mol. The SMILES string of the molecule is O=C1CCCCN1c1cccc(NS(=O)(=O)c2ccc(F)cc2F)c1. The number of benzene rings is 2. The van der Waals surface area contributed by atoms with Gasteiger partial charge < -0.3 is 4.90 Å². The Morgan fingerprint density at radius 3 is 2.56 bits per heavy atom. The summed E-state index contributed by atoms with van der Waals surface area (Å²) in [6.07, 6.45) is 2.17. The molecule has 3 rings (SSSR count). The van der Waals surface area contributed by atoms with Crippen LogP contribution < -0.4 is 9.62 Å². The van der Waals surface area contributed by atoms with Gasteiger partial charge in [-0.1, -0.05) is 6.07 Å². The molecule has 1 aliphatic heterocycles. The van der Waals surface area contributed by atoms with Crippen molar-refractivity contribution in [1.82, 2.24) is 0 Å². The molecule has 1 heterocycles. The van der Waals surface area contributed by atoms with Crippen LogP contribution >= 0.6 is 0 Å². The molecule has 1 aliphatic rings. The summed E-state index contributed by atoms with van der Waals surface area (Å²) in [5.74, 6) is -2.05. The van der Waals surface area contributed by atoms with Gasteiger partial charge in [-0.3, -0.25) is 9.52 Å². The van der Waals surface area contributed by atoms with E-state index >= 15 is 0 Å². The van der Waals surface area contributed by atoms with E-state index in [9.17, 15) is 22.0 Å². The predicted octanol–water partition coefficient (Wildman–Crippen LogP) is 3.28. The van der Waals surface area contributed by atoms with Gasteiger partial charge in [0.2, 0.25) is 5.91 Å². The fourth-order valence-electron chi connectivity index (χ4n) is 2.72. The van der Waals surface area contributed by atoms with Crippen molar-refractivity contribution < 1.29 is 22.0 Å². The molecule has 2 aromatic rings. The number of nitrogens with zero attached hydrogens (tertiary/aromatic N) is 1. The van der Waals surface area contributed by atoms with Crippen LogP contribution in [0.3, 0.4) is 0 Å². The molecule has 0 bridgehead atoms. The van der Waals surface area contributed by atoms with Gasteiger partial charge in [0.15, 0.2) is 0 Å². The van der Waals surface area contributed by atoms with Crippen molar-refractivity contribution in [3.63, 3.8) is 0 Å². The van der Waals surface area contributed by atoms with Crippen molar-refractivity contribution in [2.45, 2.75) is 24.2 Å². The zero-order valence-electron chi connectivity index (χ0n) is 13.2. The Labute approximate surface area is 144 Å². The summed E-state index contributed by atoms with van der Waals surface area (Å²) in [7, 11) is -4.22. The number of rotatable bonds is 4. The summed E-state index contributed by atoms with van der Waals surface area (Å²) in [5, 5.41) is 0. The zero-order chi connectivity index (χ0) is 18.0. The number of piperidine rings is 1. The average Bonchev–Trinajstić information content (AvgIpc) is 2.54. The van der Waals surface area contributed by atoms with Crippen molar-refractivity contribution in [3.8, 4) is 0 Å². The lowest BCUT2D eigenvalue weighted by Gasteiger charge is -2.27. The Morgan fingerprint density at radius 1 is 1.04 bits per heavy atom. The maximum absolute atomic E-state index is 13.8. The van der Waals surface area contributed by atoms with E-state index in [0.29, 0.717) is 24.7 Å². The van der Waals surface area contributed by atoms with Crippen LogP contribution in [0.5, 0.6) is 0 Å². The van der Waals surface area contributed by atoms with Crippen LogP contribution in [-0.2, 0) is 14.8 Å². The highest BCUT2D eigenvalue weighted by Gasteiger charge is 2.22. The minimum absolute atomic E-state index is 0.0177. The molecule has 0 atom stereocenters. The van der Waals surface area contributed by atoms with Gasteiger partial charge in [0.1, 0.15) is 16.5 Å². The van der Waals surface area contributed by atoms with Crippen LogP contribution in [0, 0.1) is 11.6 Å². The van der Waals surface area contributed by atoms with E-state index in [1.165, 1.54) is 12.1 Å². The summed E-state index contributed by atoms with van der Waals surface area (Å²) in [6.45, 7) is 0.571. The molecule has 25 heavy (non-hydrogen) atoms. The Hall–Kier alpha value is -2.48. The second-order valence-electron chi connectivity index (χ2n) is 5.73. The number of amides is 1. The largest absolute Gasteiger partial charge is 0.312 e. The molecule has 1 amide bonds. The molecule has 0 unspecified atom stereocenters. The first kappa shape index (κ1) is 17.3. The Kier molecular flexibility index (Phi) is 4.71. The van der Waals surface area contributed by atoms with Crippen LogP contribution in [0.15, 0.2) is 47.4 Å². The van der Waals surface area contributed by atoms with Crippen LogP contribution in [-0.4, -0.2) is 20.9 Å². The first-order valence-electron chi connectivity index (χ1n) is 7.75. The molecule has 1 fully saturated rings. The molecule has 1 N–H and O–H groups in total. The van der Waals surface area contributed by atoms with Crippen molar-refractivity contribution in [1.29, 1.82) is 0 Å². The van der Waals surface area contributed by atoms with Gasteiger partial charge in [-0.2, -0.15) is 0 Å². The maximum atomic E-state index is 13.8. The zero-order valence-corrected chi connectivity index (χ0v) is 14.0. The number of sulfonamides is 1. The molecule has 0 spiro atoms. The van der Waals surface area contributed by atoms with Crippen molar-refractivity contribution in [2.75, 3.05) is 16.2 Å². The van der Waals surface area contributed by atoms with Gasteiger partial charge in [-0.15, -0.1) is 0 Å². The number of hydrogen-bond acceptors (Lipinski definition) is 3. The molecule has 8 heteroatoms. The van der Waals surface area contributed by atoms with Gasteiger partial charge in [0, 0.05) is 24.7 Å². The number of halogens is 2. The standard InChI is InChI=1S/C17H16F2N2O3S/c18-12-7-8-16(15(19)10-12)25(23,24)20-13-4-3-5-14(11-13)21-9-2-1-6-17(21)22/h3-5,7-8,10-11,20H,1-2,6,9H2. The van der Waals surface area contributed by atoms with E-state index < -0.39 is 26.6 Å². The highest BCUT2D eigenvalue weighted by Crippen LogP contribution is 2.26. The maximum Gasteiger partial charge on any atom is 0.264 e. The lowest BCUT2D eigenvalue weighted by Crippen LogP contribution is -2.35. The van der Waals surface area contributed by atoms with E-state index in [1.54, 1.807) is 17.0 Å². The number of carbonyl (C=O) groups excluding carboxylic acids is 1. The van der Waals surface area contributed by atoms with Gasteiger partial charge in [0.25, 0.3) is 10.0 Å². The Bertz CT molecular complexity index is 916. The molecule has 5 nitrogen and oxygen atoms in total. The fraction of sp³-hybridized carbons (Fsp3) is 0.235. The normalized spacial score (nSPS) is 15.3. The third-order valence-electron chi connectivity index (χ3n) is 3.92. The summed E-state index contributed by atoms with van der Waals surface area (Å²) in [4.78, 5) is 12.9.